The van der Waals surface area contributed by atoms with Crippen LogP contribution in [0.4, 0.5) is 0 Å². The first-order valence-electron chi connectivity index (χ1n) is 4.70. The molecule has 0 radical (unpaired) electrons. The van der Waals surface area contributed by atoms with Gasteiger partial charge in [-0.25, -0.2) is 0 Å². The standard InChI is InChI=1S/C10H12BrNO3/c11-8-9(14)6(7(13)4-12)3-5-1-2-15-10(5)8/h3,7,13-14H,1-2,4,12H2. The fourth-order valence-electron chi connectivity index (χ4n) is 1.68. The molecule has 1 aromatic rings. The van der Waals surface area contributed by atoms with Gasteiger partial charge in [0, 0.05) is 18.5 Å². The second-order valence-corrected chi connectivity index (χ2v) is 4.26. The van der Waals surface area contributed by atoms with Crippen LogP contribution in [0.5, 0.6) is 11.5 Å². The molecule has 0 bridgehead atoms. The SMILES string of the molecule is NCC(O)c1cc2c(c(Br)c1O)OCC2. The number of nitrogens with two attached hydrogens (primary N) is 1. The third-order valence-corrected chi connectivity index (χ3v) is 3.24. The lowest BCUT2D eigenvalue weighted by molar-refractivity contribution is 0.182. The summed E-state index contributed by atoms with van der Waals surface area (Å²) in [5.74, 6) is 0.675. The van der Waals surface area contributed by atoms with E-state index >= 15 is 0 Å². The third kappa shape index (κ3) is 1.71. The number of aliphatic hydroxyl groups is 1. The van der Waals surface area contributed by atoms with Crippen LogP contribution >= 0.6 is 15.9 Å². The molecule has 0 saturated heterocycles. The quantitative estimate of drug-likeness (QED) is 0.754. The van der Waals surface area contributed by atoms with E-state index in [-0.39, 0.29) is 12.3 Å². The summed E-state index contributed by atoms with van der Waals surface area (Å²) in [6.45, 7) is 0.690. The summed E-state index contributed by atoms with van der Waals surface area (Å²) in [4.78, 5) is 0. The lowest BCUT2D eigenvalue weighted by atomic mass is 10.0. The van der Waals surface area contributed by atoms with Gasteiger partial charge in [-0.3, -0.25) is 0 Å². The van der Waals surface area contributed by atoms with Crippen LogP contribution in [0.3, 0.4) is 0 Å². The van der Waals surface area contributed by atoms with Crippen molar-refractivity contribution in [2.45, 2.75) is 12.5 Å². The number of benzene rings is 1. The molecule has 0 saturated carbocycles. The number of hydrogen-bond acceptors (Lipinski definition) is 4. The van der Waals surface area contributed by atoms with Crippen molar-refractivity contribution in [2.75, 3.05) is 13.2 Å². The molecule has 1 aliphatic heterocycles. The molecular formula is C10H12BrNO3. The van der Waals surface area contributed by atoms with E-state index in [2.05, 4.69) is 15.9 Å². The largest absolute Gasteiger partial charge is 0.506 e. The van der Waals surface area contributed by atoms with Crippen molar-refractivity contribution in [3.8, 4) is 11.5 Å². The van der Waals surface area contributed by atoms with Crippen molar-refractivity contribution in [3.63, 3.8) is 0 Å². The second-order valence-electron chi connectivity index (χ2n) is 3.47. The van der Waals surface area contributed by atoms with Crippen LogP contribution < -0.4 is 10.5 Å². The lowest BCUT2D eigenvalue weighted by Crippen LogP contribution is -2.12. The molecule has 0 amide bonds. The maximum Gasteiger partial charge on any atom is 0.140 e. The number of hydrogen-bond donors (Lipinski definition) is 3. The Hall–Kier alpha value is -0.780. The molecule has 5 heteroatoms. The summed E-state index contributed by atoms with van der Waals surface area (Å²) < 4.78 is 5.86. The molecule has 2 rings (SSSR count). The number of rotatable bonds is 2. The molecule has 1 heterocycles. The minimum Gasteiger partial charge on any atom is -0.506 e. The minimum absolute atomic E-state index is 0.00796. The van der Waals surface area contributed by atoms with E-state index in [0.29, 0.717) is 22.4 Å². The molecule has 15 heavy (non-hydrogen) atoms. The van der Waals surface area contributed by atoms with Crippen molar-refractivity contribution in [2.24, 2.45) is 5.73 Å². The Labute approximate surface area is 95.8 Å². The van der Waals surface area contributed by atoms with Crippen LogP contribution in [0.15, 0.2) is 10.5 Å². The van der Waals surface area contributed by atoms with Crippen LogP contribution in [0.2, 0.25) is 0 Å². The fourth-order valence-corrected chi connectivity index (χ4v) is 2.28. The Kier molecular flexibility index (Phi) is 2.86. The summed E-state index contributed by atoms with van der Waals surface area (Å²) in [5.41, 5.74) is 6.80. The highest BCUT2D eigenvalue weighted by Gasteiger charge is 2.23. The molecular weight excluding hydrogens is 262 g/mol. The predicted molar refractivity (Wildman–Crippen MR) is 59.0 cm³/mol. The highest BCUT2D eigenvalue weighted by Crippen LogP contribution is 2.43. The van der Waals surface area contributed by atoms with Gasteiger partial charge in [0.2, 0.25) is 0 Å². The van der Waals surface area contributed by atoms with E-state index < -0.39 is 6.10 Å². The Bertz CT molecular complexity index is 395. The van der Waals surface area contributed by atoms with E-state index in [0.717, 1.165) is 12.0 Å². The van der Waals surface area contributed by atoms with Gasteiger partial charge in [-0.2, -0.15) is 0 Å². The van der Waals surface area contributed by atoms with Gasteiger partial charge in [0.1, 0.15) is 16.0 Å². The van der Waals surface area contributed by atoms with E-state index in [1.165, 1.54) is 0 Å². The van der Waals surface area contributed by atoms with Gasteiger partial charge in [-0.05, 0) is 27.6 Å². The topological polar surface area (TPSA) is 75.7 Å². The number of aliphatic hydroxyl groups excluding tert-OH is 1. The summed E-state index contributed by atoms with van der Waals surface area (Å²) >= 11 is 3.25. The number of aromatic hydroxyl groups is 1. The maximum absolute atomic E-state index is 9.82. The molecule has 1 unspecified atom stereocenters. The van der Waals surface area contributed by atoms with Crippen LogP contribution in [0.1, 0.15) is 17.2 Å². The first kappa shape index (κ1) is 10.7. The zero-order chi connectivity index (χ0) is 11.0. The number of ether oxygens (including phenoxy) is 1. The van der Waals surface area contributed by atoms with Gasteiger partial charge in [0.15, 0.2) is 0 Å². The van der Waals surface area contributed by atoms with Crippen molar-refractivity contribution in [3.05, 3.63) is 21.7 Å². The smallest absolute Gasteiger partial charge is 0.140 e. The van der Waals surface area contributed by atoms with Crippen LogP contribution in [-0.4, -0.2) is 23.4 Å². The zero-order valence-electron chi connectivity index (χ0n) is 8.03. The Morgan fingerprint density at radius 1 is 1.60 bits per heavy atom. The van der Waals surface area contributed by atoms with Crippen molar-refractivity contribution < 1.29 is 14.9 Å². The molecule has 1 atom stereocenters. The third-order valence-electron chi connectivity index (χ3n) is 2.50. The summed E-state index contributed by atoms with van der Waals surface area (Å²) in [7, 11) is 0. The summed E-state index contributed by atoms with van der Waals surface area (Å²) in [6, 6.07) is 1.75. The number of fused-ring (bicyclic) bond motifs is 1. The predicted octanol–water partition coefficient (Wildman–Crippen LogP) is 1.08. The minimum atomic E-state index is -0.841. The van der Waals surface area contributed by atoms with Gasteiger partial charge in [0.25, 0.3) is 0 Å². The Balaban J connectivity index is 2.54. The number of halogens is 1. The Morgan fingerprint density at radius 2 is 2.33 bits per heavy atom. The molecule has 1 aromatic carbocycles. The lowest BCUT2D eigenvalue weighted by Gasteiger charge is -2.14. The van der Waals surface area contributed by atoms with E-state index in [1.807, 2.05) is 0 Å². The Morgan fingerprint density at radius 3 is 3.00 bits per heavy atom. The molecule has 0 spiro atoms. The molecule has 0 aliphatic carbocycles. The van der Waals surface area contributed by atoms with Gasteiger partial charge in [0.05, 0.1) is 12.7 Å². The van der Waals surface area contributed by atoms with Gasteiger partial charge >= 0.3 is 0 Å². The van der Waals surface area contributed by atoms with Gasteiger partial charge in [-0.15, -0.1) is 0 Å². The average molecular weight is 274 g/mol. The van der Waals surface area contributed by atoms with E-state index in [1.54, 1.807) is 6.07 Å². The maximum atomic E-state index is 9.82. The molecule has 0 aromatic heterocycles. The van der Waals surface area contributed by atoms with Crippen molar-refractivity contribution >= 4 is 15.9 Å². The average Bonchev–Trinajstić information content (AvgIpc) is 2.70. The first-order chi connectivity index (χ1) is 7.15. The fraction of sp³-hybridized carbons (Fsp3) is 0.400. The van der Waals surface area contributed by atoms with E-state index in [9.17, 15) is 10.2 Å². The number of phenols is 1. The second kappa shape index (κ2) is 4.00. The van der Waals surface area contributed by atoms with Crippen LogP contribution in [0, 0.1) is 0 Å². The number of phenolic OH excluding ortho intramolecular Hbond substituents is 1. The molecule has 0 fully saturated rings. The molecule has 4 N–H and O–H groups in total. The zero-order valence-corrected chi connectivity index (χ0v) is 9.62. The van der Waals surface area contributed by atoms with Crippen LogP contribution in [0.25, 0.3) is 0 Å². The molecule has 1 aliphatic rings. The molecule has 4 nitrogen and oxygen atoms in total. The highest BCUT2D eigenvalue weighted by molar-refractivity contribution is 9.10. The van der Waals surface area contributed by atoms with Crippen LogP contribution in [-0.2, 0) is 6.42 Å². The molecule has 82 valence electrons. The van der Waals surface area contributed by atoms with Gasteiger partial charge < -0.3 is 20.7 Å². The normalized spacial score (nSPS) is 15.9. The van der Waals surface area contributed by atoms with Gasteiger partial charge in [-0.1, -0.05) is 0 Å². The first-order valence-corrected chi connectivity index (χ1v) is 5.49. The van der Waals surface area contributed by atoms with E-state index in [4.69, 9.17) is 10.5 Å². The summed E-state index contributed by atoms with van der Waals surface area (Å²) in [5, 5.41) is 19.4. The highest BCUT2D eigenvalue weighted by atomic mass is 79.9. The van der Waals surface area contributed by atoms with Crippen molar-refractivity contribution in [1.82, 2.24) is 0 Å². The monoisotopic (exact) mass is 273 g/mol. The van der Waals surface area contributed by atoms with Crippen molar-refractivity contribution in [1.29, 1.82) is 0 Å². The summed E-state index contributed by atoms with van der Waals surface area (Å²) in [6.07, 6.45) is -0.0504.